The number of aryl methyl sites for hydroxylation is 2. The Morgan fingerprint density at radius 1 is 1.29 bits per heavy atom. The minimum atomic E-state index is 0.801. The Balaban J connectivity index is 1.87. The van der Waals surface area contributed by atoms with Crippen molar-refractivity contribution in [3.63, 3.8) is 0 Å². The fourth-order valence-electron chi connectivity index (χ4n) is 1.57. The van der Waals surface area contributed by atoms with Gasteiger partial charge in [-0.2, -0.15) is 0 Å². The van der Waals surface area contributed by atoms with Crippen LogP contribution >= 0.6 is 22.9 Å². The normalized spacial score (nSPS) is 10.8. The van der Waals surface area contributed by atoms with Crippen LogP contribution in [0.2, 0.25) is 5.02 Å². The summed E-state index contributed by atoms with van der Waals surface area (Å²) < 4.78 is 0. The van der Waals surface area contributed by atoms with Gasteiger partial charge < -0.3 is 5.32 Å². The van der Waals surface area contributed by atoms with Crippen LogP contribution in [0.25, 0.3) is 0 Å². The van der Waals surface area contributed by atoms with E-state index >= 15 is 0 Å². The average molecular weight is 267 g/mol. The predicted octanol–water partition coefficient (Wildman–Crippen LogP) is 3.70. The van der Waals surface area contributed by atoms with E-state index < -0.39 is 0 Å². The summed E-state index contributed by atoms with van der Waals surface area (Å²) >= 11 is 7.76. The van der Waals surface area contributed by atoms with Crippen molar-refractivity contribution in [3.8, 4) is 0 Å². The molecule has 0 aliphatic heterocycles. The number of aromatic nitrogens is 1. The maximum absolute atomic E-state index is 6.07. The first kappa shape index (κ1) is 12.6. The van der Waals surface area contributed by atoms with Gasteiger partial charge in [-0.15, -0.1) is 11.3 Å². The second-order valence-corrected chi connectivity index (χ2v) is 5.51. The second kappa shape index (κ2) is 5.63. The summed E-state index contributed by atoms with van der Waals surface area (Å²) in [5.41, 5.74) is 3.42. The van der Waals surface area contributed by atoms with E-state index in [0.29, 0.717) is 0 Å². The molecule has 1 heterocycles. The molecule has 1 N–H and O–H groups in total. The maximum Gasteiger partial charge on any atom is 0.0897 e. The Morgan fingerprint density at radius 2 is 2.12 bits per heavy atom. The highest BCUT2D eigenvalue weighted by Crippen LogP contribution is 2.16. The fourth-order valence-corrected chi connectivity index (χ4v) is 2.39. The quantitative estimate of drug-likeness (QED) is 0.913. The minimum absolute atomic E-state index is 0.801. The molecular weight excluding hydrogens is 252 g/mol. The van der Waals surface area contributed by atoms with E-state index in [9.17, 15) is 0 Å². The highest BCUT2D eigenvalue weighted by Gasteiger charge is 2.00. The minimum Gasteiger partial charge on any atom is -0.307 e. The molecule has 2 rings (SSSR count). The van der Waals surface area contributed by atoms with Crippen molar-refractivity contribution >= 4 is 22.9 Å². The molecule has 0 aliphatic carbocycles. The van der Waals surface area contributed by atoms with Crippen LogP contribution in [0.4, 0.5) is 0 Å². The Bertz CT molecular complexity index is 508. The molecule has 0 radical (unpaired) electrons. The van der Waals surface area contributed by atoms with Crippen LogP contribution in [-0.4, -0.2) is 4.98 Å². The lowest BCUT2D eigenvalue weighted by Gasteiger charge is -2.05. The third-order valence-corrected chi connectivity index (χ3v) is 3.77. The van der Waals surface area contributed by atoms with E-state index in [0.717, 1.165) is 34.4 Å². The largest absolute Gasteiger partial charge is 0.307 e. The molecule has 2 aromatic rings. The van der Waals surface area contributed by atoms with Crippen LogP contribution in [0, 0.1) is 13.8 Å². The lowest BCUT2D eigenvalue weighted by molar-refractivity contribution is 0.681. The van der Waals surface area contributed by atoms with Gasteiger partial charge in [0, 0.05) is 23.5 Å². The van der Waals surface area contributed by atoms with Crippen LogP contribution in [0.15, 0.2) is 23.6 Å². The zero-order chi connectivity index (χ0) is 12.3. The molecule has 0 atom stereocenters. The number of benzene rings is 1. The van der Waals surface area contributed by atoms with Crippen molar-refractivity contribution in [2.24, 2.45) is 0 Å². The first-order valence-electron chi connectivity index (χ1n) is 5.52. The van der Waals surface area contributed by atoms with E-state index in [4.69, 9.17) is 11.6 Å². The molecule has 0 amide bonds. The number of hydrogen-bond acceptors (Lipinski definition) is 3. The van der Waals surface area contributed by atoms with Crippen LogP contribution in [0.1, 0.15) is 21.8 Å². The van der Waals surface area contributed by atoms with Gasteiger partial charge >= 0.3 is 0 Å². The number of hydrogen-bond donors (Lipinski definition) is 1. The number of nitrogens with one attached hydrogen (secondary N) is 1. The first-order valence-corrected chi connectivity index (χ1v) is 6.77. The smallest absolute Gasteiger partial charge is 0.0897 e. The van der Waals surface area contributed by atoms with Crippen molar-refractivity contribution < 1.29 is 0 Å². The van der Waals surface area contributed by atoms with Crippen molar-refractivity contribution in [3.05, 3.63) is 50.4 Å². The Hall–Kier alpha value is -0.900. The molecule has 1 aromatic heterocycles. The fraction of sp³-hybridized carbons (Fsp3) is 0.308. The zero-order valence-corrected chi connectivity index (χ0v) is 11.5. The van der Waals surface area contributed by atoms with Gasteiger partial charge in [0.15, 0.2) is 0 Å². The van der Waals surface area contributed by atoms with Crippen LogP contribution in [0.5, 0.6) is 0 Å². The van der Waals surface area contributed by atoms with E-state index in [1.54, 1.807) is 11.3 Å². The summed E-state index contributed by atoms with van der Waals surface area (Å²) in [6.07, 6.45) is 0. The zero-order valence-electron chi connectivity index (χ0n) is 9.96. The number of rotatable bonds is 4. The van der Waals surface area contributed by atoms with Crippen LogP contribution in [-0.2, 0) is 13.1 Å². The summed E-state index contributed by atoms with van der Waals surface area (Å²) in [5, 5.41) is 7.39. The lowest BCUT2D eigenvalue weighted by Crippen LogP contribution is -2.12. The molecule has 0 saturated heterocycles. The Labute approximate surface area is 111 Å². The average Bonchev–Trinajstić information content (AvgIpc) is 2.70. The van der Waals surface area contributed by atoms with Gasteiger partial charge in [-0.3, -0.25) is 0 Å². The predicted molar refractivity (Wildman–Crippen MR) is 73.6 cm³/mol. The van der Waals surface area contributed by atoms with E-state index in [2.05, 4.69) is 21.7 Å². The molecule has 0 saturated carbocycles. The van der Waals surface area contributed by atoms with Crippen molar-refractivity contribution in [1.82, 2.24) is 10.3 Å². The molecule has 0 fully saturated rings. The standard InChI is InChI=1S/C13H15ClN2S/c1-9-3-4-11(5-13(9)14)6-15-7-12-8-17-10(2)16-12/h3-5,8,15H,6-7H2,1-2H3. The number of nitrogens with zero attached hydrogens (tertiary/aromatic N) is 1. The molecule has 2 nitrogen and oxygen atoms in total. The summed E-state index contributed by atoms with van der Waals surface area (Å²) in [5.74, 6) is 0. The molecule has 1 aromatic carbocycles. The lowest BCUT2D eigenvalue weighted by atomic mass is 10.1. The first-order chi connectivity index (χ1) is 8.15. The highest BCUT2D eigenvalue weighted by molar-refractivity contribution is 7.09. The molecule has 90 valence electrons. The van der Waals surface area contributed by atoms with Gasteiger partial charge in [0.05, 0.1) is 10.7 Å². The SMILES string of the molecule is Cc1nc(CNCc2ccc(C)c(Cl)c2)cs1. The van der Waals surface area contributed by atoms with Crippen molar-refractivity contribution in [1.29, 1.82) is 0 Å². The molecule has 0 spiro atoms. The van der Waals surface area contributed by atoms with Gasteiger partial charge in [0.25, 0.3) is 0 Å². The van der Waals surface area contributed by atoms with E-state index in [-0.39, 0.29) is 0 Å². The Kier molecular flexibility index (Phi) is 4.15. The molecule has 4 heteroatoms. The van der Waals surface area contributed by atoms with Gasteiger partial charge in [-0.05, 0) is 31.0 Å². The summed E-state index contributed by atoms with van der Waals surface area (Å²) in [4.78, 5) is 4.40. The Morgan fingerprint density at radius 3 is 2.76 bits per heavy atom. The topological polar surface area (TPSA) is 24.9 Å². The molecule has 17 heavy (non-hydrogen) atoms. The summed E-state index contributed by atoms with van der Waals surface area (Å²) in [7, 11) is 0. The molecule has 0 bridgehead atoms. The van der Waals surface area contributed by atoms with Gasteiger partial charge in [0.1, 0.15) is 0 Å². The second-order valence-electron chi connectivity index (χ2n) is 4.04. The van der Waals surface area contributed by atoms with Crippen molar-refractivity contribution in [2.45, 2.75) is 26.9 Å². The van der Waals surface area contributed by atoms with Gasteiger partial charge in [-0.1, -0.05) is 23.7 Å². The highest BCUT2D eigenvalue weighted by atomic mass is 35.5. The number of halogens is 1. The molecular formula is C13H15ClN2S. The molecule has 0 unspecified atom stereocenters. The van der Waals surface area contributed by atoms with Crippen molar-refractivity contribution in [2.75, 3.05) is 0 Å². The van der Waals surface area contributed by atoms with Crippen LogP contribution in [0.3, 0.4) is 0 Å². The van der Waals surface area contributed by atoms with Gasteiger partial charge in [0.2, 0.25) is 0 Å². The third-order valence-electron chi connectivity index (χ3n) is 2.54. The van der Waals surface area contributed by atoms with Crippen LogP contribution < -0.4 is 5.32 Å². The maximum atomic E-state index is 6.07. The molecule has 0 aliphatic rings. The number of thiazole rings is 1. The summed E-state index contributed by atoms with van der Waals surface area (Å²) in [6, 6.07) is 6.16. The summed E-state index contributed by atoms with van der Waals surface area (Å²) in [6.45, 7) is 5.65. The monoisotopic (exact) mass is 266 g/mol. The third kappa shape index (κ3) is 3.53. The van der Waals surface area contributed by atoms with Gasteiger partial charge in [-0.25, -0.2) is 4.98 Å². The van der Waals surface area contributed by atoms with E-state index in [1.165, 1.54) is 5.56 Å². The van der Waals surface area contributed by atoms with E-state index in [1.807, 2.05) is 26.0 Å².